The standard InChI is InChI=1S/C11H14O2/c1-3-4-9-5-8(2)6-10(7-12)11(9)13/h5-7,13H,3-4H2,1-2H3. The van der Waals surface area contributed by atoms with E-state index in [9.17, 15) is 9.90 Å². The molecular formula is C11H14O2. The van der Waals surface area contributed by atoms with Gasteiger partial charge in [-0.15, -0.1) is 0 Å². The van der Waals surface area contributed by atoms with Crippen LogP contribution < -0.4 is 0 Å². The van der Waals surface area contributed by atoms with Gasteiger partial charge in [0.25, 0.3) is 0 Å². The molecule has 0 spiro atoms. The Morgan fingerprint density at radius 3 is 2.69 bits per heavy atom. The number of hydrogen-bond donors (Lipinski definition) is 1. The molecule has 1 rings (SSSR count). The molecule has 70 valence electrons. The summed E-state index contributed by atoms with van der Waals surface area (Å²) in [5.41, 5.74) is 2.27. The third kappa shape index (κ3) is 2.08. The molecule has 13 heavy (non-hydrogen) atoms. The minimum absolute atomic E-state index is 0.141. The average molecular weight is 178 g/mol. The van der Waals surface area contributed by atoms with Gasteiger partial charge in [-0.1, -0.05) is 19.4 Å². The molecule has 0 saturated carbocycles. The first-order chi connectivity index (χ1) is 6.19. The molecule has 0 aromatic heterocycles. The summed E-state index contributed by atoms with van der Waals surface area (Å²) in [6.07, 6.45) is 2.48. The van der Waals surface area contributed by atoms with Crippen molar-refractivity contribution in [3.8, 4) is 5.75 Å². The third-order valence-corrected chi connectivity index (χ3v) is 2.01. The summed E-state index contributed by atoms with van der Waals surface area (Å²) in [6.45, 7) is 3.97. The highest BCUT2D eigenvalue weighted by molar-refractivity contribution is 5.80. The zero-order chi connectivity index (χ0) is 9.84. The van der Waals surface area contributed by atoms with E-state index >= 15 is 0 Å². The fraction of sp³-hybridized carbons (Fsp3) is 0.364. The number of benzene rings is 1. The van der Waals surface area contributed by atoms with Crippen molar-refractivity contribution >= 4 is 6.29 Å². The van der Waals surface area contributed by atoms with Gasteiger partial charge in [0.15, 0.2) is 6.29 Å². The molecular weight excluding hydrogens is 164 g/mol. The largest absolute Gasteiger partial charge is 0.507 e. The fourth-order valence-electron chi connectivity index (χ4n) is 1.43. The SMILES string of the molecule is CCCc1cc(C)cc(C=O)c1O. The van der Waals surface area contributed by atoms with Crippen molar-refractivity contribution < 1.29 is 9.90 Å². The van der Waals surface area contributed by atoms with Crippen LogP contribution in [0.25, 0.3) is 0 Å². The lowest BCUT2D eigenvalue weighted by molar-refractivity contribution is 0.112. The Bertz CT molecular complexity index is 316. The summed E-state index contributed by atoms with van der Waals surface area (Å²) in [7, 11) is 0. The van der Waals surface area contributed by atoms with Crippen molar-refractivity contribution in [2.45, 2.75) is 26.7 Å². The van der Waals surface area contributed by atoms with Crippen molar-refractivity contribution in [2.75, 3.05) is 0 Å². The predicted octanol–water partition coefficient (Wildman–Crippen LogP) is 2.47. The molecule has 0 fully saturated rings. The van der Waals surface area contributed by atoms with Crippen molar-refractivity contribution in [3.05, 3.63) is 28.8 Å². The first-order valence-electron chi connectivity index (χ1n) is 4.46. The second-order valence-electron chi connectivity index (χ2n) is 3.23. The monoisotopic (exact) mass is 178 g/mol. The van der Waals surface area contributed by atoms with E-state index in [-0.39, 0.29) is 5.75 Å². The van der Waals surface area contributed by atoms with Crippen molar-refractivity contribution in [1.82, 2.24) is 0 Å². The molecule has 2 nitrogen and oxygen atoms in total. The Hall–Kier alpha value is -1.31. The molecule has 0 aliphatic carbocycles. The van der Waals surface area contributed by atoms with Crippen LogP contribution in [0.4, 0.5) is 0 Å². The van der Waals surface area contributed by atoms with Gasteiger partial charge in [0.05, 0.1) is 5.56 Å². The lowest BCUT2D eigenvalue weighted by Crippen LogP contribution is -1.91. The van der Waals surface area contributed by atoms with Crippen LogP contribution in [0.5, 0.6) is 5.75 Å². The van der Waals surface area contributed by atoms with E-state index in [0.717, 1.165) is 24.0 Å². The highest BCUT2D eigenvalue weighted by atomic mass is 16.3. The number of rotatable bonds is 3. The molecule has 1 N–H and O–H groups in total. The Morgan fingerprint density at radius 1 is 1.46 bits per heavy atom. The van der Waals surface area contributed by atoms with Gasteiger partial charge >= 0.3 is 0 Å². The maximum atomic E-state index is 10.6. The molecule has 0 atom stereocenters. The molecule has 0 bridgehead atoms. The number of aryl methyl sites for hydroxylation is 2. The van der Waals surface area contributed by atoms with Crippen molar-refractivity contribution in [2.24, 2.45) is 0 Å². The number of aldehydes is 1. The Labute approximate surface area is 78.2 Å². The van der Waals surface area contributed by atoms with Crippen LogP contribution >= 0.6 is 0 Å². The summed E-state index contributed by atoms with van der Waals surface area (Å²) in [5.74, 6) is 0.141. The summed E-state index contributed by atoms with van der Waals surface area (Å²) in [6, 6.07) is 3.62. The Morgan fingerprint density at radius 2 is 2.15 bits per heavy atom. The molecule has 0 aliphatic rings. The van der Waals surface area contributed by atoms with Gasteiger partial charge in [-0.05, 0) is 30.5 Å². The van der Waals surface area contributed by atoms with Crippen molar-refractivity contribution in [1.29, 1.82) is 0 Å². The topological polar surface area (TPSA) is 37.3 Å². The van der Waals surface area contributed by atoms with Crippen LogP contribution in [-0.2, 0) is 6.42 Å². The van der Waals surface area contributed by atoms with Crippen LogP contribution in [-0.4, -0.2) is 11.4 Å². The van der Waals surface area contributed by atoms with Crippen LogP contribution in [0.3, 0.4) is 0 Å². The minimum atomic E-state index is 0.141. The molecule has 1 aromatic carbocycles. The number of phenols is 1. The summed E-state index contributed by atoms with van der Waals surface area (Å²) < 4.78 is 0. The zero-order valence-corrected chi connectivity index (χ0v) is 8.00. The number of carbonyl (C=O) groups is 1. The van der Waals surface area contributed by atoms with E-state index < -0.39 is 0 Å². The van der Waals surface area contributed by atoms with Crippen LogP contribution in [0.2, 0.25) is 0 Å². The highest BCUT2D eigenvalue weighted by Gasteiger charge is 2.06. The molecule has 0 aliphatic heterocycles. The molecule has 1 aromatic rings. The normalized spacial score (nSPS) is 10.0. The summed E-state index contributed by atoms with van der Waals surface area (Å²) in [5, 5.41) is 9.61. The predicted molar refractivity (Wildman–Crippen MR) is 52.2 cm³/mol. The van der Waals surface area contributed by atoms with Crippen LogP contribution in [0, 0.1) is 6.92 Å². The summed E-state index contributed by atoms with van der Waals surface area (Å²) in [4.78, 5) is 10.6. The van der Waals surface area contributed by atoms with E-state index in [2.05, 4.69) is 0 Å². The first-order valence-corrected chi connectivity index (χ1v) is 4.46. The Kier molecular flexibility index (Phi) is 3.07. The van der Waals surface area contributed by atoms with Gasteiger partial charge in [0.2, 0.25) is 0 Å². The minimum Gasteiger partial charge on any atom is -0.507 e. The molecule has 0 heterocycles. The maximum absolute atomic E-state index is 10.6. The summed E-state index contributed by atoms with van der Waals surface area (Å²) >= 11 is 0. The van der Waals surface area contributed by atoms with E-state index in [4.69, 9.17) is 0 Å². The van der Waals surface area contributed by atoms with Gasteiger partial charge in [0, 0.05) is 0 Å². The number of aromatic hydroxyl groups is 1. The Balaban J connectivity index is 3.18. The number of phenolic OH excluding ortho intramolecular Hbond substituents is 1. The molecule has 2 heteroatoms. The number of carbonyl (C=O) groups excluding carboxylic acids is 1. The quantitative estimate of drug-likeness (QED) is 0.722. The van der Waals surface area contributed by atoms with E-state index in [0.29, 0.717) is 11.8 Å². The van der Waals surface area contributed by atoms with Gasteiger partial charge in [-0.3, -0.25) is 4.79 Å². The maximum Gasteiger partial charge on any atom is 0.153 e. The average Bonchev–Trinajstić information content (AvgIpc) is 2.11. The van der Waals surface area contributed by atoms with Crippen LogP contribution in [0.1, 0.15) is 34.8 Å². The molecule has 0 radical (unpaired) electrons. The van der Waals surface area contributed by atoms with E-state index in [1.165, 1.54) is 0 Å². The van der Waals surface area contributed by atoms with Gasteiger partial charge in [-0.2, -0.15) is 0 Å². The van der Waals surface area contributed by atoms with Crippen LogP contribution in [0.15, 0.2) is 12.1 Å². The highest BCUT2D eigenvalue weighted by Crippen LogP contribution is 2.24. The van der Waals surface area contributed by atoms with Gasteiger partial charge < -0.3 is 5.11 Å². The van der Waals surface area contributed by atoms with Gasteiger partial charge in [0.1, 0.15) is 5.75 Å². The smallest absolute Gasteiger partial charge is 0.153 e. The molecule has 0 saturated heterocycles. The molecule has 0 unspecified atom stereocenters. The van der Waals surface area contributed by atoms with Gasteiger partial charge in [-0.25, -0.2) is 0 Å². The zero-order valence-electron chi connectivity index (χ0n) is 8.00. The second kappa shape index (κ2) is 4.08. The molecule has 0 amide bonds. The fourth-order valence-corrected chi connectivity index (χ4v) is 1.43. The van der Waals surface area contributed by atoms with E-state index in [1.807, 2.05) is 19.9 Å². The number of hydrogen-bond acceptors (Lipinski definition) is 2. The third-order valence-electron chi connectivity index (χ3n) is 2.01. The lowest BCUT2D eigenvalue weighted by atomic mass is 10.0. The lowest BCUT2D eigenvalue weighted by Gasteiger charge is -2.06. The second-order valence-corrected chi connectivity index (χ2v) is 3.23. The van der Waals surface area contributed by atoms with E-state index in [1.54, 1.807) is 6.07 Å². The van der Waals surface area contributed by atoms with Crippen molar-refractivity contribution in [3.63, 3.8) is 0 Å². The first kappa shape index (κ1) is 9.78.